The Labute approximate surface area is 209 Å². The van der Waals surface area contributed by atoms with Crippen molar-refractivity contribution in [2.75, 3.05) is 47.1 Å². The first-order chi connectivity index (χ1) is 17.0. The second-order valence-electron chi connectivity index (χ2n) is 9.40. The zero-order chi connectivity index (χ0) is 25.0. The number of likely N-dealkylation sites (N-methyl/N-ethyl adjacent to an activating group) is 1. The summed E-state index contributed by atoms with van der Waals surface area (Å²) in [5.41, 5.74) is 1.51. The number of ether oxygens (including phenoxy) is 4. The molecule has 1 saturated heterocycles. The molecule has 0 atom stereocenters. The van der Waals surface area contributed by atoms with Crippen LogP contribution in [0.2, 0.25) is 0 Å². The van der Waals surface area contributed by atoms with Crippen LogP contribution in [0.3, 0.4) is 0 Å². The molecule has 1 amide bonds. The van der Waals surface area contributed by atoms with Crippen molar-refractivity contribution in [1.82, 2.24) is 10.2 Å². The van der Waals surface area contributed by atoms with Gasteiger partial charge in [-0.3, -0.25) is 9.69 Å². The Kier molecular flexibility index (Phi) is 10.7. The van der Waals surface area contributed by atoms with Crippen molar-refractivity contribution >= 4 is 5.91 Å². The van der Waals surface area contributed by atoms with Gasteiger partial charge in [0, 0.05) is 37.9 Å². The molecule has 192 valence electrons. The van der Waals surface area contributed by atoms with Gasteiger partial charge in [0.25, 0.3) is 5.91 Å². The monoisotopic (exact) mass is 484 g/mol. The van der Waals surface area contributed by atoms with Crippen LogP contribution >= 0.6 is 0 Å². The summed E-state index contributed by atoms with van der Waals surface area (Å²) in [7, 11) is 3.73. The average molecular weight is 485 g/mol. The van der Waals surface area contributed by atoms with Crippen molar-refractivity contribution < 1.29 is 23.7 Å². The number of methoxy groups -OCH3 is 1. The highest BCUT2D eigenvalue weighted by molar-refractivity contribution is 5.94. The van der Waals surface area contributed by atoms with Crippen LogP contribution in [0.4, 0.5) is 0 Å². The van der Waals surface area contributed by atoms with E-state index in [1.54, 1.807) is 25.3 Å². The van der Waals surface area contributed by atoms with Gasteiger partial charge in [-0.15, -0.1) is 0 Å². The largest absolute Gasteiger partial charge is 0.493 e. The minimum absolute atomic E-state index is 0.165. The first kappa shape index (κ1) is 26.8. The maximum Gasteiger partial charge on any atom is 0.251 e. The van der Waals surface area contributed by atoms with Crippen molar-refractivity contribution in [2.45, 2.75) is 45.7 Å². The van der Waals surface area contributed by atoms with Crippen LogP contribution in [0.1, 0.15) is 49.0 Å². The number of nitrogens with one attached hydrogen (secondary N) is 1. The van der Waals surface area contributed by atoms with Crippen LogP contribution in [-0.2, 0) is 11.3 Å². The van der Waals surface area contributed by atoms with E-state index in [9.17, 15) is 4.79 Å². The van der Waals surface area contributed by atoms with Gasteiger partial charge in [-0.05, 0) is 68.1 Å². The molecule has 0 aromatic heterocycles. The first-order valence-corrected chi connectivity index (χ1v) is 12.5. The maximum absolute atomic E-state index is 12.7. The number of carbonyl (C=O) groups excluding carboxylic acids is 1. The average Bonchev–Trinajstić information content (AvgIpc) is 2.88. The Balaban J connectivity index is 1.47. The number of benzene rings is 2. The summed E-state index contributed by atoms with van der Waals surface area (Å²) in [6.45, 7) is 8.50. The molecule has 1 heterocycles. The third kappa shape index (κ3) is 8.75. The van der Waals surface area contributed by atoms with Crippen molar-refractivity contribution in [3.05, 3.63) is 53.6 Å². The Morgan fingerprint density at radius 2 is 1.89 bits per heavy atom. The van der Waals surface area contributed by atoms with E-state index < -0.39 is 0 Å². The van der Waals surface area contributed by atoms with Gasteiger partial charge in [0.15, 0.2) is 11.5 Å². The summed E-state index contributed by atoms with van der Waals surface area (Å²) in [5.74, 6) is 2.41. The van der Waals surface area contributed by atoms with Gasteiger partial charge >= 0.3 is 0 Å². The number of nitrogens with zero attached hydrogens (tertiary/aromatic N) is 1. The first-order valence-electron chi connectivity index (χ1n) is 12.5. The molecular weight excluding hydrogens is 444 g/mol. The van der Waals surface area contributed by atoms with Crippen LogP contribution in [0.15, 0.2) is 42.5 Å². The van der Waals surface area contributed by atoms with Gasteiger partial charge in [0.05, 0.1) is 13.7 Å². The van der Waals surface area contributed by atoms with Gasteiger partial charge < -0.3 is 24.3 Å². The molecule has 0 saturated carbocycles. The number of hydrogen-bond acceptors (Lipinski definition) is 6. The van der Waals surface area contributed by atoms with Crippen molar-refractivity contribution in [3.8, 4) is 17.2 Å². The normalized spacial score (nSPS) is 14.2. The lowest BCUT2D eigenvalue weighted by atomic mass is 10.1. The quantitative estimate of drug-likeness (QED) is 0.450. The topological polar surface area (TPSA) is 69.3 Å². The van der Waals surface area contributed by atoms with E-state index in [0.29, 0.717) is 48.8 Å². The smallest absolute Gasteiger partial charge is 0.251 e. The van der Waals surface area contributed by atoms with E-state index in [-0.39, 0.29) is 5.91 Å². The lowest BCUT2D eigenvalue weighted by molar-refractivity contribution is 0.0392. The van der Waals surface area contributed by atoms with Crippen molar-refractivity contribution in [2.24, 2.45) is 5.92 Å². The highest BCUT2D eigenvalue weighted by Gasteiger charge is 2.18. The Hall–Kier alpha value is -2.77. The van der Waals surface area contributed by atoms with E-state index in [4.69, 9.17) is 18.9 Å². The molecule has 35 heavy (non-hydrogen) atoms. The molecule has 1 fully saturated rings. The minimum Gasteiger partial charge on any atom is -0.493 e. The molecule has 2 aromatic rings. The Morgan fingerprint density at radius 3 is 2.63 bits per heavy atom. The second kappa shape index (κ2) is 14.0. The van der Waals surface area contributed by atoms with Crippen molar-refractivity contribution in [1.29, 1.82) is 0 Å². The van der Waals surface area contributed by atoms with Gasteiger partial charge in [-0.1, -0.05) is 26.0 Å². The molecule has 3 rings (SSSR count). The van der Waals surface area contributed by atoms with Gasteiger partial charge in [0.1, 0.15) is 12.4 Å². The molecule has 0 bridgehead atoms. The van der Waals surface area contributed by atoms with E-state index in [2.05, 4.69) is 31.1 Å². The molecular formula is C28H40N2O5. The molecule has 7 nitrogen and oxygen atoms in total. The Bertz CT molecular complexity index is 927. The van der Waals surface area contributed by atoms with Crippen molar-refractivity contribution in [3.63, 3.8) is 0 Å². The van der Waals surface area contributed by atoms with Crippen LogP contribution in [-0.4, -0.2) is 64.0 Å². The molecule has 0 radical (unpaired) electrons. The zero-order valence-electron chi connectivity index (χ0n) is 21.5. The van der Waals surface area contributed by atoms with E-state index in [1.165, 1.54) is 0 Å². The lowest BCUT2D eigenvalue weighted by Crippen LogP contribution is -2.38. The molecule has 0 spiro atoms. The lowest BCUT2D eigenvalue weighted by Gasteiger charge is -2.31. The van der Waals surface area contributed by atoms with E-state index in [1.807, 2.05) is 24.3 Å². The van der Waals surface area contributed by atoms with E-state index in [0.717, 1.165) is 50.3 Å². The number of carbonyl (C=O) groups is 1. The zero-order valence-corrected chi connectivity index (χ0v) is 21.5. The van der Waals surface area contributed by atoms with Crippen LogP contribution in [0.5, 0.6) is 17.2 Å². The predicted molar refractivity (Wildman–Crippen MR) is 138 cm³/mol. The fourth-order valence-corrected chi connectivity index (χ4v) is 3.98. The summed E-state index contributed by atoms with van der Waals surface area (Å²) in [4.78, 5) is 15.1. The Morgan fingerprint density at radius 1 is 1.09 bits per heavy atom. The maximum atomic E-state index is 12.7. The summed E-state index contributed by atoms with van der Waals surface area (Å²) >= 11 is 0. The highest BCUT2D eigenvalue weighted by Crippen LogP contribution is 2.28. The van der Waals surface area contributed by atoms with Crippen LogP contribution < -0.4 is 19.5 Å². The SMILES string of the molecule is COc1cc(C(=O)NCc2cccc(OCCN(C)C3CCOCC3)c2)ccc1OCCC(C)C. The molecule has 1 aliphatic rings. The fraction of sp³-hybridized carbons (Fsp3) is 0.536. The summed E-state index contributed by atoms with van der Waals surface area (Å²) in [6, 6.07) is 13.7. The van der Waals surface area contributed by atoms with Crippen LogP contribution in [0, 0.1) is 5.92 Å². The number of hydrogen-bond donors (Lipinski definition) is 1. The summed E-state index contributed by atoms with van der Waals surface area (Å²) in [5, 5.41) is 2.98. The standard InChI is InChI=1S/C28H40N2O5/c1-21(2)10-16-35-26-9-8-23(19-27(26)32-4)28(31)29-20-22-6-5-7-25(18-22)34-17-13-30(3)24-11-14-33-15-12-24/h5-9,18-19,21,24H,10-17,20H2,1-4H3,(H,29,31). The fourth-order valence-electron chi connectivity index (χ4n) is 3.98. The molecule has 1 N–H and O–H groups in total. The molecule has 0 unspecified atom stereocenters. The third-order valence-corrected chi connectivity index (χ3v) is 6.26. The van der Waals surface area contributed by atoms with Gasteiger partial charge in [-0.25, -0.2) is 0 Å². The summed E-state index contributed by atoms with van der Waals surface area (Å²) < 4.78 is 22.7. The molecule has 2 aromatic carbocycles. The van der Waals surface area contributed by atoms with Gasteiger partial charge in [0.2, 0.25) is 0 Å². The van der Waals surface area contributed by atoms with Crippen LogP contribution in [0.25, 0.3) is 0 Å². The molecule has 7 heteroatoms. The minimum atomic E-state index is -0.165. The number of rotatable bonds is 13. The van der Waals surface area contributed by atoms with E-state index >= 15 is 0 Å². The van der Waals surface area contributed by atoms with Gasteiger partial charge in [-0.2, -0.15) is 0 Å². The number of amides is 1. The third-order valence-electron chi connectivity index (χ3n) is 6.26. The highest BCUT2D eigenvalue weighted by atomic mass is 16.5. The molecule has 1 aliphatic heterocycles. The summed E-state index contributed by atoms with van der Waals surface area (Å²) in [6.07, 6.45) is 3.11. The predicted octanol–water partition coefficient (Wildman–Crippen LogP) is 4.54. The molecule has 0 aliphatic carbocycles. The second-order valence-corrected chi connectivity index (χ2v) is 9.40.